The van der Waals surface area contributed by atoms with Crippen molar-refractivity contribution in [3.63, 3.8) is 0 Å². The molecule has 0 N–H and O–H groups in total. The molecule has 0 aliphatic heterocycles. The van der Waals surface area contributed by atoms with E-state index in [0.29, 0.717) is 5.92 Å². The second-order valence-electron chi connectivity index (χ2n) is 5.10. The van der Waals surface area contributed by atoms with Gasteiger partial charge in [0.2, 0.25) is 0 Å². The van der Waals surface area contributed by atoms with E-state index < -0.39 is 4.92 Å². The first-order chi connectivity index (χ1) is 9.11. The van der Waals surface area contributed by atoms with Crippen molar-refractivity contribution in [1.82, 2.24) is 0 Å². The van der Waals surface area contributed by atoms with Crippen LogP contribution in [-0.4, -0.2) is 18.5 Å². The number of nitro benzene ring substituents is 1. The van der Waals surface area contributed by atoms with Gasteiger partial charge < -0.3 is 4.90 Å². The number of hydrogen-bond acceptors (Lipinski definition) is 4. The summed E-state index contributed by atoms with van der Waals surface area (Å²) in [5.41, 5.74) is 0.805. The molecule has 0 unspecified atom stereocenters. The second-order valence-corrected chi connectivity index (χ2v) is 5.10. The monoisotopic (exact) mass is 259 g/mol. The third-order valence-electron chi connectivity index (χ3n) is 3.75. The zero-order valence-corrected chi connectivity index (χ0v) is 11.0. The van der Waals surface area contributed by atoms with Crippen LogP contribution in [0, 0.1) is 27.4 Å². The molecule has 1 aliphatic rings. The molecule has 5 nitrogen and oxygen atoms in total. The molecule has 19 heavy (non-hydrogen) atoms. The third kappa shape index (κ3) is 3.02. The van der Waals surface area contributed by atoms with Crippen LogP contribution in [0.1, 0.15) is 31.2 Å². The topological polar surface area (TPSA) is 70.2 Å². The molecular weight excluding hydrogens is 242 g/mol. The summed E-state index contributed by atoms with van der Waals surface area (Å²) in [6, 6.07) is 6.65. The first-order valence-electron chi connectivity index (χ1n) is 6.51. The van der Waals surface area contributed by atoms with Gasteiger partial charge in [0.05, 0.1) is 4.92 Å². The lowest BCUT2D eigenvalue weighted by Gasteiger charge is -2.23. The summed E-state index contributed by atoms with van der Waals surface area (Å²) in [6.07, 6.45) is 5.05. The minimum atomic E-state index is -0.495. The van der Waals surface area contributed by atoms with Gasteiger partial charge >= 0.3 is 0 Å². The number of nitrogens with zero attached hydrogens (tertiary/aromatic N) is 3. The van der Waals surface area contributed by atoms with Crippen molar-refractivity contribution in [1.29, 1.82) is 5.26 Å². The fourth-order valence-corrected chi connectivity index (χ4v) is 2.69. The van der Waals surface area contributed by atoms with Gasteiger partial charge in [0, 0.05) is 25.3 Å². The number of benzene rings is 1. The third-order valence-corrected chi connectivity index (χ3v) is 3.75. The predicted octanol–water partition coefficient (Wildman–Crippen LogP) is 3.09. The van der Waals surface area contributed by atoms with Gasteiger partial charge in [-0.15, -0.1) is 0 Å². The lowest BCUT2D eigenvalue weighted by molar-refractivity contribution is -0.385. The molecule has 0 spiro atoms. The zero-order chi connectivity index (χ0) is 13.8. The van der Waals surface area contributed by atoms with Gasteiger partial charge in [0.15, 0.2) is 0 Å². The Bertz CT molecular complexity index is 516. The smallest absolute Gasteiger partial charge is 0.289 e. The Morgan fingerprint density at radius 2 is 2.16 bits per heavy atom. The summed E-state index contributed by atoms with van der Waals surface area (Å²) in [6.45, 7) is 0.920. The van der Waals surface area contributed by atoms with E-state index >= 15 is 0 Å². The molecular formula is C14H17N3O2. The van der Waals surface area contributed by atoms with Crippen LogP contribution in [-0.2, 0) is 0 Å². The molecule has 0 radical (unpaired) electrons. The van der Waals surface area contributed by atoms with Gasteiger partial charge in [-0.25, -0.2) is 0 Å². The van der Waals surface area contributed by atoms with E-state index in [0.717, 1.165) is 12.2 Å². The van der Waals surface area contributed by atoms with Gasteiger partial charge in [-0.2, -0.15) is 5.26 Å². The SMILES string of the molecule is CN(CC1CCCC1)c1ccc(C#N)c([N+](=O)[O-])c1. The molecule has 2 rings (SSSR count). The van der Waals surface area contributed by atoms with E-state index in [9.17, 15) is 10.1 Å². The largest absolute Gasteiger partial charge is 0.374 e. The Labute approximate surface area is 112 Å². The fourth-order valence-electron chi connectivity index (χ4n) is 2.69. The quantitative estimate of drug-likeness (QED) is 0.615. The van der Waals surface area contributed by atoms with Gasteiger partial charge in [-0.1, -0.05) is 12.8 Å². The normalized spacial score (nSPS) is 15.2. The average Bonchev–Trinajstić information content (AvgIpc) is 2.90. The van der Waals surface area contributed by atoms with Crippen molar-refractivity contribution in [3.8, 4) is 6.07 Å². The van der Waals surface area contributed by atoms with Crippen molar-refractivity contribution in [2.24, 2.45) is 5.92 Å². The lowest BCUT2D eigenvalue weighted by atomic mass is 10.1. The number of nitriles is 1. The number of hydrogen-bond donors (Lipinski definition) is 0. The maximum atomic E-state index is 10.9. The fraction of sp³-hybridized carbons (Fsp3) is 0.500. The van der Waals surface area contributed by atoms with E-state index in [2.05, 4.69) is 0 Å². The van der Waals surface area contributed by atoms with Crippen molar-refractivity contribution in [3.05, 3.63) is 33.9 Å². The Balaban J connectivity index is 2.17. The molecule has 1 fully saturated rings. The van der Waals surface area contributed by atoms with Crippen LogP contribution < -0.4 is 4.90 Å². The maximum absolute atomic E-state index is 10.9. The molecule has 1 aromatic rings. The molecule has 1 aliphatic carbocycles. The van der Waals surface area contributed by atoms with E-state index in [1.54, 1.807) is 6.07 Å². The van der Waals surface area contributed by atoms with Gasteiger partial charge in [-0.3, -0.25) is 10.1 Å². The summed E-state index contributed by atoms with van der Waals surface area (Å²) in [7, 11) is 1.95. The summed E-state index contributed by atoms with van der Waals surface area (Å²) in [4.78, 5) is 12.5. The Morgan fingerprint density at radius 3 is 2.74 bits per heavy atom. The highest BCUT2D eigenvalue weighted by molar-refractivity contribution is 5.60. The maximum Gasteiger partial charge on any atom is 0.289 e. The van der Waals surface area contributed by atoms with E-state index in [-0.39, 0.29) is 11.3 Å². The second kappa shape index (κ2) is 5.70. The summed E-state index contributed by atoms with van der Waals surface area (Å²) >= 11 is 0. The van der Waals surface area contributed by atoms with E-state index in [1.165, 1.54) is 37.8 Å². The summed E-state index contributed by atoms with van der Waals surface area (Å²) in [5.74, 6) is 0.680. The van der Waals surface area contributed by atoms with Crippen LogP contribution in [0.25, 0.3) is 0 Å². The van der Waals surface area contributed by atoms with Crippen LogP contribution >= 0.6 is 0 Å². The summed E-state index contributed by atoms with van der Waals surface area (Å²) < 4.78 is 0. The van der Waals surface area contributed by atoms with Crippen molar-refractivity contribution in [2.75, 3.05) is 18.5 Å². The highest BCUT2D eigenvalue weighted by atomic mass is 16.6. The number of anilines is 1. The number of rotatable bonds is 4. The average molecular weight is 259 g/mol. The van der Waals surface area contributed by atoms with Crippen LogP contribution in [0.3, 0.4) is 0 Å². The molecule has 0 atom stereocenters. The molecule has 100 valence electrons. The van der Waals surface area contributed by atoms with Crippen molar-refractivity contribution < 1.29 is 4.92 Å². The molecule has 0 aromatic heterocycles. The Hall–Kier alpha value is -2.09. The van der Waals surface area contributed by atoms with Crippen molar-refractivity contribution >= 4 is 11.4 Å². The molecule has 0 amide bonds. The van der Waals surface area contributed by atoms with Crippen LogP contribution in [0.5, 0.6) is 0 Å². The number of nitro groups is 1. The van der Waals surface area contributed by atoms with Crippen LogP contribution in [0.2, 0.25) is 0 Å². The first-order valence-corrected chi connectivity index (χ1v) is 6.51. The molecule has 5 heteroatoms. The minimum Gasteiger partial charge on any atom is -0.374 e. The van der Waals surface area contributed by atoms with E-state index in [1.807, 2.05) is 18.0 Å². The highest BCUT2D eigenvalue weighted by Gasteiger charge is 2.19. The molecule has 0 saturated heterocycles. The Morgan fingerprint density at radius 1 is 1.47 bits per heavy atom. The molecule has 1 saturated carbocycles. The van der Waals surface area contributed by atoms with Crippen molar-refractivity contribution in [2.45, 2.75) is 25.7 Å². The standard InChI is InChI=1S/C14H17N3O2/c1-16(10-11-4-2-3-5-11)13-7-6-12(9-15)14(8-13)17(18)19/h6-8,11H,2-5,10H2,1H3. The van der Waals surface area contributed by atoms with Gasteiger partial charge in [0.25, 0.3) is 5.69 Å². The van der Waals surface area contributed by atoms with Crippen LogP contribution in [0.15, 0.2) is 18.2 Å². The predicted molar refractivity (Wildman–Crippen MR) is 73.0 cm³/mol. The minimum absolute atomic E-state index is 0.113. The Kier molecular flexibility index (Phi) is 4.00. The van der Waals surface area contributed by atoms with Gasteiger partial charge in [0.1, 0.15) is 11.6 Å². The summed E-state index contributed by atoms with van der Waals surface area (Å²) in [5, 5.41) is 19.8. The zero-order valence-electron chi connectivity index (χ0n) is 11.0. The lowest BCUT2D eigenvalue weighted by Crippen LogP contribution is -2.24. The first kappa shape index (κ1) is 13.3. The molecule has 0 heterocycles. The van der Waals surface area contributed by atoms with Crippen LogP contribution in [0.4, 0.5) is 11.4 Å². The molecule has 1 aromatic carbocycles. The van der Waals surface area contributed by atoms with E-state index in [4.69, 9.17) is 5.26 Å². The van der Waals surface area contributed by atoms with Gasteiger partial charge in [-0.05, 0) is 30.9 Å². The molecule has 0 bridgehead atoms. The highest BCUT2D eigenvalue weighted by Crippen LogP contribution is 2.29.